The van der Waals surface area contributed by atoms with E-state index in [4.69, 9.17) is 0 Å². The standard InChI is InChI=1S/C20H20FN3O/c1-14-11-18(15(2)24(14)19-9-4-5-10-22-19)20(25)23(3)13-16-7-6-8-17(21)12-16/h4-12H,13H2,1-3H3. The predicted molar refractivity (Wildman–Crippen MR) is 95.2 cm³/mol. The summed E-state index contributed by atoms with van der Waals surface area (Å²) in [7, 11) is 1.72. The molecule has 0 spiro atoms. The highest BCUT2D eigenvalue weighted by Crippen LogP contribution is 2.21. The maximum atomic E-state index is 13.3. The lowest BCUT2D eigenvalue weighted by molar-refractivity contribution is 0.0784. The number of pyridine rings is 1. The maximum Gasteiger partial charge on any atom is 0.255 e. The Morgan fingerprint density at radius 1 is 1.16 bits per heavy atom. The molecule has 128 valence electrons. The third-order valence-electron chi connectivity index (χ3n) is 4.20. The summed E-state index contributed by atoms with van der Waals surface area (Å²) in [5, 5.41) is 0. The van der Waals surface area contributed by atoms with Crippen LogP contribution in [-0.2, 0) is 6.54 Å². The van der Waals surface area contributed by atoms with E-state index in [0.717, 1.165) is 22.8 Å². The van der Waals surface area contributed by atoms with E-state index in [2.05, 4.69) is 4.98 Å². The molecule has 0 N–H and O–H groups in total. The van der Waals surface area contributed by atoms with Crippen molar-refractivity contribution in [2.45, 2.75) is 20.4 Å². The number of carbonyl (C=O) groups is 1. The summed E-state index contributed by atoms with van der Waals surface area (Å²) in [5.41, 5.74) is 3.17. The molecule has 0 saturated heterocycles. The minimum Gasteiger partial charge on any atom is -0.337 e. The molecule has 0 atom stereocenters. The highest BCUT2D eigenvalue weighted by atomic mass is 19.1. The predicted octanol–water partition coefficient (Wildman–Crippen LogP) is 3.90. The molecule has 1 amide bonds. The maximum absolute atomic E-state index is 13.3. The molecule has 5 heteroatoms. The second-order valence-corrected chi connectivity index (χ2v) is 6.10. The molecule has 1 aromatic carbocycles. The van der Waals surface area contributed by atoms with Gasteiger partial charge in [0.05, 0.1) is 5.56 Å². The van der Waals surface area contributed by atoms with Crippen molar-refractivity contribution in [2.75, 3.05) is 7.05 Å². The van der Waals surface area contributed by atoms with Crippen LogP contribution >= 0.6 is 0 Å². The van der Waals surface area contributed by atoms with Crippen molar-refractivity contribution in [3.8, 4) is 5.82 Å². The summed E-state index contributed by atoms with van der Waals surface area (Å²) >= 11 is 0. The van der Waals surface area contributed by atoms with Gasteiger partial charge in [-0.3, -0.25) is 4.79 Å². The fraction of sp³-hybridized carbons (Fsp3) is 0.200. The normalized spacial score (nSPS) is 10.7. The highest BCUT2D eigenvalue weighted by molar-refractivity contribution is 5.95. The Morgan fingerprint density at radius 2 is 1.96 bits per heavy atom. The van der Waals surface area contributed by atoms with Crippen molar-refractivity contribution in [3.63, 3.8) is 0 Å². The number of nitrogens with zero attached hydrogens (tertiary/aromatic N) is 3. The second-order valence-electron chi connectivity index (χ2n) is 6.10. The van der Waals surface area contributed by atoms with Gasteiger partial charge in [-0.25, -0.2) is 9.37 Å². The Bertz CT molecular complexity index is 903. The first-order valence-electron chi connectivity index (χ1n) is 8.07. The van der Waals surface area contributed by atoms with Gasteiger partial charge in [0.1, 0.15) is 11.6 Å². The van der Waals surface area contributed by atoms with Crippen LogP contribution < -0.4 is 0 Å². The van der Waals surface area contributed by atoms with Gasteiger partial charge in [-0.15, -0.1) is 0 Å². The molecule has 0 aliphatic rings. The van der Waals surface area contributed by atoms with Gasteiger partial charge in [0.15, 0.2) is 0 Å². The van der Waals surface area contributed by atoms with Gasteiger partial charge in [-0.2, -0.15) is 0 Å². The smallest absolute Gasteiger partial charge is 0.255 e. The third-order valence-corrected chi connectivity index (χ3v) is 4.20. The molecule has 2 aromatic heterocycles. The minimum absolute atomic E-state index is 0.0976. The molecule has 3 rings (SSSR count). The summed E-state index contributed by atoms with van der Waals surface area (Å²) in [5.74, 6) is 0.385. The number of benzene rings is 1. The van der Waals surface area contributed by atoms with Crippen molar-refractivity contribution in [2.24, 2.45) is 0 Å². The SMILES string of the molecule is Cc1cc(C(=O)N(C)Cc2cccc(F)c2)c(C)n1-c1ccccn1. The third kappa shape index (κ3) is 3.45. The van der Waals surface area contributed by atoms with Crippen LogP contribution in [0.1, 0.15) is 27.3 Å². The van der Waals surface area contributed by atoms with E-state index in [9.17, 15) is 9.18 Å². The van der Waals surface area contributed by atoms with Gasteiger partial charge in [0, 0.05) is 31.2 Å². The van der Waals surface area contributed by atoms with Crippen LogP contribution in [0.4, 0.5) is 4.39 Å². The van der Waals surface area contributed by atoms with E-state index in [0.29, 0.717) is 12.1 Å². The van der Waals surface area contributed by atoms with Crippen LogP contribution in [0, 0.1) is 19.7 Å². The summed E-state index contributed by atoms with van der Waals surface area (Å²) in [6.45, 7) is 4.21. The topological polar surface area (TPSA) is 38.1 Å². The number of hydrogen-bond donors (Lipinski definition) is 0. The van der Waals surface area contributed by atoms with E-state index < -0.39 is 0 Å². The van der Waals surface area contributed by atoms with Gasteiger partial charge in [0.2, 0.25) is 0 Å². The van der Waals surface area contributed by atoms with Crippen molar-refractivity contribution < 1.29 is 9.18 Å². The van der Waals surface area contributed by atoms with Gasteiger partial charge in [-0.05, 0) is 49.7 Å². The lowest BCUT2D eigenvalue weighted by Crippen LogP contribution is -2.26. The molecular weight excluding hydrogens is 317 g/mol. The molecule has 0 bridgehead atoms. The first kappa shape index (κ1) is 16.9. The van der Waals surface area contributed by atoms with E-state index in [1.807, 2.05) is 48.7 Å². The Kier molecular flexibility index (Phi) is 4.65. The number of rotatable bonds is 4. The molecule has 3 aromatic rings. The Hall–Kier alpha value is -2.95. The Morgan fingerprint density at radius 3 is 2.64 bits per heavy atom. The number of aromatic nitrogens is 2. The molecule has 0 aliphatic heterocycles. The Labute approximate surface area is 146 Å². The molecule has 2 heterocycles. The van der Waals surface area contributed by atoms with Gasteiger partial charge in [-0.1, -0.05) is 18.2 Å². The average molecular weight is 337 g/mol. The molecule has 0 radical (unpaired) electrons. The minimum atomic E-state index is -0.299. The van der Waals surface area contributed by atoms with Crippen LogP contribution in [0.25, 0.3) is 5.82 Å². The van der Waals surface area contributed by atoms with E-state index in [-0.39, 0.29) is 11.7 Å². The van der Waals surface area contributed by atoms with Gasteiger partial charge >= 0.3 is 0 Å². The number of halogens is 1. The van der Waals surface area contributed by atoms with Crippen LogP contribution in [0.5, 0.6) is 0 Å². The van der Waals surface area contributed by atoms with E-state index in [1.54, 1.807) is 24.2 Å². The molecule has 0 unspecified atom stereocenters. The van der Waals surface area contributed by atoms with Gasteiger partial charge < -0.3 is 9.47 Å². The number of aryl methyl sites for hydroxylation is 1. The number of amides is 1. The number of carbonyl (C=O) groups excluding carboxylic acids is 1. The summed E-state index contributed by atoms with van der Waals surface area (Å²) in [4.78, 5) is 18.8. The Balaban J connectivity index is 1.88. The lowest BCUT2D eigenvalue weighted by Gasteiger charge is -2.17. The van der Waals surface area contributed by atoms with Crippen molar-refractivity contribution in [3.05, 3.63) is 83.1 Å². The van der Waals surface area contributed by atoms with Crippen LogP contribution in [0.15, 0.2) is 54.7 Å². The summed E-state index contributed by atoms with van der Waals surface area (Å²) in [6, 6.07) is 13.8. The average Bonchev–Trinajstić information content (AvgIpc) is 2.89. The van der Waals surface area contributed by atoms with Crippen molar-refractivity contribution >= 4 is 5.91 Å². The fourth-order valence-corrected chi connectivity index (χ4v) is 3.00. The van der Waals surface area contributed by atoms with Crippen LogP contribution in [0.2, 0.25) is 0 Å². The second kappa shape index (κ2) is 6.89. The lowest BCUT2D eigenvalue weighted by atomic mass is 10.1. The zero-order valence-corrected chi connectivity index (χ0v) is 14.5. The first-order chi connectivity index (χ1) is 12.0. The molecular formula is C20H20FN3O. The summed E-state index contributed by atoms with van der Waals surface area (Å²) < 4.78 is 15.3. The van der Waals surface area contributed by atoms with Crippen molar-refractivity contribution in [1.82, 2.24) is 14.5 Å². The van der Waals surface area contributed by atoms with Crippen LogP contribution in [0.3, 0.4) is 0 Å². The largest absolute Gasteiger partial charge is 0.337 e. The van der Waals surface area contributed by atoms with E-state index >= 15 is 0 Å². The fourth-order valence-electron chi connectivity index (χ4n) is 3.00. The van der Waals surface area contributed by atoms with Gasteiger partial charge in [0.25, 0.3) is 5.91 Å². The van der Waals surface area contributed by atoms with Crippen LogP contribution in [-0.4, -0.2) is 27.4 Å². The highest BCUT2D eigenvalue weighted by Gasteiger charge is 2.20. The zero-order chi connectivity index (χ0) is 18.0. The molecule has 25 heavy (non-hydrogen) atoms. The molecule has 0 fully saturated rings. The monoisotopic (exact) mass is 337 g/mol. The summed E-state index contributed by atoms with van der Waals surface area (Å²) in [6.07, 6.45) is 1.73. The van der Waals surface area contributed by atoms with Crippen molar-refractivity contribution in [1.29, 1.82) is 0 Å². The number of hydrogen-bond acceptors (Lipinski definition) is 2. The quantitative estimate of drug-likeness (QED) is 0.724. The zero-order valence-electron chi connectivity index (χ0n) is 14.5. The molecule has 0 aliphatic carbocycles. The first-order valence-corrected chi connectivity index (χ1v) is 8.07. The van der Waals surface area contributed by atoms with E-state index in [1.165, 1.54) is 12.1 Å². The molecule has 0 saturated carbocycles. The molecule has 4 nitrogen and oxygen atoms in total.